The molecular formula is C15H19NO2. The quantitative estimate of drug-likeness (QED) is 0.870. The third kappa shape index (κ3) is 2.03. The maximum atomic E-state index is 11.5. The van der Waals surface area contributed by atoms with Gasteiger partial charge in [0, 0.05) is 19.1 Å². The first kappa shape index (κ1) is 11.7. The summed E-state index contributed by atoms with van der Waals surface area (Å²) in [6.07, 6.45) is 5.05. The van der Waals surface area contributed by atoms with Crippen molar-refractivity contribution >= 4 is 5.97 Å². The van der Waals surface area contributed by atoms with E-state index in [2.05, 4.69) is 11.0 Å². The predicted molar refractivity (Wildman–Crippen MR) is 69.5 cm³/mol. The largest absolute Gasteiger partial charge is 0.481 e. The van der Waals surface area contributed by atoms with Crippen LogP contribution in [0.2, 0.25) is 0 Å². The minimum Gasteiger partial charge on any atom is -0.481 e. The molecule has 3 heteroatoms. The first-order valence-corrected chi connectivity index (χ1v) is 6.80. The van der Waals surface area contributed by atoms with Crippen LogP contribution >= 0.6 is 0 Å². The Bertz CT molecular complexity index is 452. The van der Waals surface area contributed by atoms with Gasteiger partial charge in [0.25, 0.3) is 0 Å². The molecule has 3 nitrogen and oxygen atoms in total. The third-order valence-electron chi connectivity index (χ3n) is 4.36. The number of benzene rings is 1. The lowest BCUT2D eigenvalue weighted by Crippen LogP contribution is -2.41. The maximum Gasteiger partial charge on any atom is 0.312 e. The first-order chi connectivity index (χ1) is 8.75. The van der Waals surface area contributed by atoms with Gasteiger partial charge in [0.05, 0.1) is 5.92 Å². The molecule has 1 atom stereocenters. The van der Waals surface area contributed by atoms with Gasteiger partial charge >= 0.3 is 5.97 Å². The van der Waals surface area contributed by atoms with Crippen molar-refractivity contribution in [2.45, 2.75) is 44.2 Å². The van der Waals surface area contributed by atoms with E-state index in [0.29, 0.717) is 12.6 Å². The third-order valence-corrected chi connectivity index (χ3v) is 4.36. The molecule has 1 aliphatic carbocycles. The van der Waals surface area contributed by atoms with Crippen LogP contribution in [0.3, 0.4) is 0 Å². The fraction of sp³-hybridized carbons (Fsp3) is 0.533. The highest BCUT2D eigenvalue weighted by atomic mass is 16.4. The maximum absolute atomic E-state index is 11.5. The number of hydrogen-bond acceptors (Lipinski definition) is 2. The van der Waals surface area contributed by atoms with E-state index in [4.69, 9.17) is 0 Å². The lowest BCUT2D eigenvalue weighted by Gasteiger charge is -2.36. The van der Waals surface area contributed by atoms with E-state index in [0.717, 1.165) is 12.1 Å². The number of hydrogen-bond donors (Lipinski definition) is 1. The monoisotopic (exact) mass is 245 g/mol. The zero-order valence-corrected chi connectivity index (χ0v) is 10.5. The molecule has 0 saturated heterocycles. The van der Waals surface area contributed by atoms with Crippen LogP contribution < -0.4 is 0 Å². The average Bonchev–Trinajstić information content (AvgIpc) is 2.91. The van der Waals surface area contributed by atoms with Crippen LogP contribution in [0, 0.1) is 0 Å². The summed E-state index contributed by atoms with van der Waals surface area (Å²) in [6.45, 7) is 1.60. The van der Waals surface area contributed by atoms with Gasteiger partial charge in [-0.15, -0.1) is 0 Å². The summed E-state index contributed by atoms with van der Waals surface area (Å²) in [4.78, 5) is 13.8. The molecule has 0 amide bonds. The minimum atomic E-state index is -0.690. The lowest BCUT2D eigenvalue weighted by molar-refractivity contribution is -0.139. The van der Waals surface area contributed by atoms with Gasteiger partial charge in [-0.3, -0.25) is 9.69 Å². The molecule has 1 unspecified atom stereocenters. The second-order valence-corrected chi connectivity index (χ2v) is 5.46. The van der Waals surface area contributed by atoms with Gasteiger partial charge in [0.1, 0.15) is 0 Å². The van der Waals surface area contributed by atoms with Crippen molar-refractivity contribution in [1.82, 2.24) is 4.90 Å². The van der Waals surface area contributed by atoms with Crippen LogP contribution in [-0.4, -0.2) is 28.6 Å². The molecule has 3 rings (SSSR count). The molecule has 1 fully saturated rings. The van der Waals surface area contributed by atoms with Crippen LogP contribution in [-0.2, 0) is 11.3 Å². The topological polar surface area (TPSA) is 40.5 Å². The van der Waals surface area contributed by atoms with E-state index >= 15 is 0 Å². The zero-order chi connectivity index (χ0) is 12.5. The van der Waals surface area contributed by atoms with Crippen LogP contribution in [0.15, 0.2) is 24.3 Å². The summed E-state index contributed by atoms with van der Waals surface area (Å²) >= 11 is 0. The second-order valence-electron chi connectivity index (χ2n) is 5.46. The Morgan fingerprint density at radius 2 is 1.94 bits per heavy atom. The molecule has 18 heavy (non-hydrogen) atoms. The standard InChI is InChI=1S/C15H19NO2/c17-15(18)14-10-16(12-6-2-3-7-12)9-11-5-1-4-8-13(11)14/h1,4-5,8,12,14H,2-3,6-7,9-10H2,(H,17,18). The number of fused-ring (bicyclic) bond motifs is 1. The molecule has 1 saturated carbocycles. The average molecular weight is 245 g/mol. The van der Waals surface area contributed by atoms with Crippen molar-refractivity contribution in [2.24, 2.45) is 0 Å². The Labute approximate surface area is 107 Å². The van der Waals surface area contributed by atoms with Crippen molar-refractivity contribution in [3.63, 3.8) is 0 Å². The lowest BCUT2D eigenvalue weighted by atomic mass is 9.89. The van der Waals surface area contributed by atoms with Gasteiger partial charge in [0.2, 0.25) is 0 Å². The normalized spacial score (nSPS) is 25.0. The Morgan fingerprint density at radius 3 is 2.67 bits per heavy atom. The highest BCUT2D eigenvalue weighted by Gasteiger charge is 2.34. The van der Waals surface area contributed by atoms with Crippen molar-refractivity contribution in [1.29, 1.82) is 0 Å². The molecule has 0 bridgehead atoms. The molecule has 1 aromatic carbocycles. The molecule has 96 valence electrons. The fourth-order valence-corrected chi connectivity index (χ4v) is 3.39. The Balaban J connectivity index is 1.89. The van der Waals surface area contributed by atoms with Gasteiger partial charge in [-0.1, -0.05) is 37.1 Å². The van der Waals surface area contributed by atoms with E-state index in [9.17, 15) is 9.90 Å². The molecule has 0 spiro atoms. The number of rotatable bonds is 2. The molecule has 0 radical (unpaired) electrons. The molecule has 2 aliphatic rings. The molecule has 1 N–H and O–H groups in total. The van der Waals surface area contributed by atoms with Crippen LogP contribution in [0.25, 0.3) is 0 Å². The van der Waals surface area contributed by atoms with Gasteiger partial charge in [-0.25, -0.2) is 0 Å². The summed E-state index contributed by atoms with van der Waals surface area (Å²) < 4.78 is 0. The highest BCUT2D eigenvalue weighted by Crippen LogP contribution is 2.33. The zero-order valence-electron chi connectivity index (χ0n) is 10.5. The van der Waals surface area contributed by atoms with Crippen molar-refractivity contribution in [3.05, 3.63) is 35.4 Å². The van der Waals surface area contributed by atoms with Gasteiger partial charge in [0.15, 0.2) is 0 Å². The highest BCUT2D eigenvalue weighted by molar-refractivity contribution is 5.77. The van der Waals surface area contributed by atoms with Crippen molar-refractivity contribution in [2.75, 3.05) is 6.54 Å². The SMILES string of the molecule is O=C(O)C1CN(C2CCCC2)Cc2ccccc21. The van der Waals surface area contributed by atoms with Gasteiger partial charge < -0.3 is 5.11 Å². The van der Waals surface area contributed by atoms with Gasteiger partial charge in [-0.2, -0.15) is 0 Å². The number of aliphatic carboxylic acids is 1. The van der Waals surface area contributed by atoms with Crippen LogP contribution in [0.4, 0.5) is 0 Å². The van der Waals surface area contributed by atoms with Crippen LogP contribution in [0.1, 0.15) is 42.7 Å². The molecule has 0 aromatic heterocycles. The summed E-state index contributed by atoms with van der Waals surface area (Å²) in [5.74, 6) is -1.04. The van der Waals surface area contributed by atoms with E-state index < -0.39 is 5.97 Å². The van der Waals surface area contributed by atoms with Crippen LogP contribution in [0.5, 0.6) is 0 Å². The Kier molecular flexibility index (Phi) is 3.08. The van der Waals surface area contributed by atoms with Crippen molar-refractivity contribution in [3.8, 4) is 0 Å². The van der Waals surface area contributed by atoms with E-state index in [1.165, 1.54) is 31.2 Å². The van der Waals surface area contributed by atoms with E-state index in [-0.39, 0.29) is 5.92 Å². The Hall–Kier alpha value is -1.35. The predicted octanol–water partition coefficient (Wildman–Crippen LogP) is 2.61. The summed E-state index contributed by atoms with van der Waals surface area (Å²) in [6, 6.07) is 8.60. The Morgan fingerprint density at radius 1 is 1.22 bits per heavy atom. The summed E-state index contributed by atoms with van der Waals surface area (Å²) in [5.41, 5.74) is 2.21. The molecule has 1 aromatic rings. The number of nitrogens with zero attached hydrogens (tertiary/aromatic N) is 1. The minimum absolute atomic E-state index is 0.351. The van der Waals surface area contributed by atoms with Crippen molar-refractivity contribution < 1.29 is 9.90 Å². The summed E-state index contributed by atoms with van der Waals surface area (Å²) in [5, 5.41) is 9.42. The van der Waals surface area contributed by atoms with Gasteiger partial charge in [-0.05, 0) is 24.0 Å². The second kappa shape index (κ2) is 4.73. The molecule has 1 heterocycles. The smallest absolute Gasteiger partial charge is 0.312 e. The fourth-order valence-electron chi connectivity index (χ4n) is 3.39. The first-order valence-electron chi connectivity index (χ1n) is 6.80. The van der Waals surface area contributed by atoms with E-state index in [1.807, 2.05) is 18.2 Å². The number of carboxylic acid groups (broad SMARTS) is 1. The number of carbonyl (C=O) groups is 1. The molecular weight excluding hydrogens is 226 g/mol. The number of carboxylic acids is 1. The van der Waals surface area contributed by atoms with E-state index in [1.54, 1.807) is 0 Å². The molecule has 1 aliphatic heterocycles. The summed E-state index contributed by atoms with van der Waals surface area (Å²) in [7, 11) is 0.